The molecule has 1 aliphatic heterocycles. The summed E-state index contributed by atoms with van der Waals surface area (Å²) in [6.07, 6.45) is -0.370. The van der Waals surface area contributed by atoms with Gasteiger partial charge in [-0.05, 0) is 17.7 Å². The Morgan fingerprint density at radius 1 is 1.50 bits per heavy atom. The monoisotopic (exact) mass is 330 g/mol. The molecule has 0 aliphatic carbocycles. The fourth-order valence-electron chi connectivity index (χ4n) is 2.20. The van der Waals surface area contributed by atoms with Crippen LogP contribution in [-0.4, -0.2) is 50.5 Å². The van der Waals surface area contributed by atoms with Gasteiger partial charge in [0.2, 0.25) is 5.91 Å². The van der Waals surface area contributed by atoms with E-state index in [1.165, 1.54) is 0 Å². The van der Waals surface area contributed by atoms with Crippen molar-refractivity contribution in [2.24, 2.45) is 0 Å². The minimum atomic E-state index is -0.726. The van der Waals surface area contributed by atoms with E-state index >= 15 is 0 Å². The number of halogens is 1. The number of carbonyl (C=O) groups excluding carboxylic acids is 1. The van der Waals surface area contributed by atoms with Gasteiger partial charge in [-0.3, -0.25) is 4.79 Å². The summed E-state index contributed by atoms with van der Waals surface area (Å²) in [5, 5.41) is 16.0. The number of methoxy groups -OCH3 is 1. The van der Waals surface area contributed by atoms with E-state index in [2.05, 4.69) is 10.6 Å². The van der Waals surface area contributed by atoms with Crippen LogP contribution in [0.15, 0.2) is 24.3 Å². The zero-order chi connectivity index (χ0) is 15.1. The Hall–Kier alpha value is -1.34. The minimum Gasteiger partial charge on any atom is -0.497 e. The Balaban J connectivity index is 0.00000242. The molecular weight excluding hydrogens is 308 g/mol. The Bertz CT molecular complexity index is 449. The van der Waals surface area contributed by atoms with Gasteiger partial charge in [0, 0.05) is 25.6 Å². The highest BCUT2D eigenvalue weighted by atomic mass is 35.5. The van der Waals surface area contributed by atoms with Gasteiger partial charge in [0.15, 0.2) is 0 Å². The summed E-state index contributed by atoms with van der Waals surface area (Å²) in [6.45, 7) is 2.20. The largest absolute Gasteiger partial charge is 0.497 e. The first-order chi connectivity index (χ1) is 10.2. The standard InChI is InChI=1S/C15H22N2O4.ClH/c1-20-13-4-2-11(3-5-13)14(18)9-17-15(19)8-12-10-21-7-6-16-12;/h2-5,12,14,16,18H,6-10H2,1H3,(H,17,19);1H. The van der Waals surface area contributed by atoms with Crippen LogP contribution < -0.4 is 15.4 Å². The SMILES string of the molecule is COc1ccc(C(O)CNC(=O)CC2COCCN2)cc1.Cl. The number of aliphatic hydroxyl groups is 1. The van der Waals surface area contributed by atoms with Crippen molar-refractivity contribution in [2.45, 2.75) is 18.6 Å². The highest BCUT2D eigenvalue weighted by Crippen LogP contribution is 2.16. The molecule has 3 N–H and O–H groups in total. The third-order valence-corrected chi connectivity index (χ3v) is 3.42. The molecule has 1 heterocycles. The summed E-state index contributed by atoms with van der Waals surface area (Å²) >= 11 is 0. The molecule has 0 aromatic heterocycles. The number of aliphatic hydroxyl groups excluding tert-OH is 1. The number of benzene rings is 1. The fraction of sp³-hybridized carbons (Fsp3) is 0.533. The zero-order valence-corrected chi connectivity index (χ0v) is 13.4. The molecule has 1 amide bonds. The van der Waals surface area contributed by atoms with Crippen LogP contribution in [0.2, 0.25) is 0 Å². The first kappa shape index (κ1) is 18.7. The highest BCUT2D eigenvalue weighted by Gasteiger charge is 2.17. The van der Waals surface area contributed by atoms with Crippen molar-refractivity contribution in [3.8, 4) is 5.75 Å². The summed E-state index contributed by atoms with van der Waals surface area (Å²) < 4.78 is 10.4. The van der Waals surface area contributed by atoms with E-state index in [9.17, 15) is 9.90 Å². The van der Waals surface area contributed by atoms with E-state index < -0.39 is 6.10 Å². The maximum absolute atomic E-state index is 11.8. The molecule has 124 valence electrons. The molecule has 0 radical (unpaired) electrons. The topological polar surface area (TPSA) is 79.8 Å². The minimum absolute atomic E-state index is 0. The van der Waals surface area contributed by atoms with Crippen LogP contribution in [0.5, 0.6) is 5.75 Å². The predicted molar refractivity (Wildman–Crippen MR) is 85.4 cm³/mol. The van der Waals surface area contributed by atoms with Crippen LogP contribution in [0, 0.1) is 0 Å². The van der Waals surface area contributed by atoms with Gasteiger partial charge >= 0.3 is 0 Å². The molecular formula is C15H23ClN2O4. The van der Waals surface area contributed by atoms with Crippen molar-refractivity contribution in [2.75, 3.05) is 33.4 Å². The molecule has 22 heavy (non-hydrogen) atoms. The second kappa shape index (κ2) is 9.63. The summed E-state index contributed by atoms with van der Waals surface area (Å²) in [7, 11) is 1.59. The van der Waals surface area contributed by atoms with Crippen molar-refractivity contribution < 1.29 is 19.4 Å². The first-order valence-electron chi connectivity index (χ1n) is 7.09. The zero-order valence-electron chi connectivity index (χ0n) is 12.6. The van der Waals surface area contributed by atoms with E-state index in [-0.39, 0.29) is 30.9 Å². The lowest BCUT2D eigenvalue weighted by atomic mass is 10.1. The summed E-state index contributed by atoms with van der Waals surface area (Å²) in [5.74, 6) is 0.643. The maximum atomic E-state index is 11.8. The van der Waals surface area contributed by atoms with Gasteiger partial charge in [-0.2, -0.15) is 0 Å². The maximum Gasteiger partial charge on any atom is 0.221 e. The molecule has 1 aromatic carbocycles. The van der Waals surface area contributed by atoms with Gasteiger partial charge in [0.1, 0.15) is 5.75 Å². The molecule has 0 saturated carbocycles. The summed E-state index contributed by atoms with van der Waals surface area (Å²) in [5.41, 5.74) is 0.746. The Morgan fingerprint density at radius 3 is 2.82 bits per heavy atom. The average Bonchev–Trinajstić information content (AvgIpc) is 2.53. The third kappa shape index (κ3) is 5.81. The van der Waals surface area contributed by atoms with Crippen LogP contribution in [0.3, 0.4) is 0 Å². The molecule has 1 saturated heterocycles. The molecule has 2 atom stereocenters. The number of hydrogen-bond donors (Lipinski definition) is 3. The molecule has 2 unspecified atom stereocenters. The Kier molecular flexibility index (Phi) is 8.19. The molecule has 1 aliphatic rings. The second-order valence-electron chi connectivity index (χ2n) is 5.02. The van der Waals surface area contributed by atoms with Gasteiger partial charge in [0.25, 0.3) is 0 Å². The normalized spacial score (nSPS) is 18.9. The van der Waals surface area contributed by atoms with Gasteiger partial charge in [-0.1, -0.05) is 12.1 Å². The predicted octanol–water partition coefficient (Wildman–Crippen LogP) is 0.645. The fourth-order valence-corrected chi connectivity index (χ4v) is 2.20. The van der Waals surface area contributed by atoms with Gasteiger partial charge < -0.3 is 25.2 Å². The van der Waals surface area contributed by atoms with E-state index in [1.807, 2.05) is 0 Å². The number of morpholine rings is 1. The smallest absolute Gasteiger partial charge is 0.221 e. The van der Waals surface area contributed by atoms with Gasteiger partial charge in [-0.15, -0.1) is 12.4 Å². The second-order valence-corrected chi connectivity index (χ2v) is 5.02. The molecule has 0 spiro atoms. The Morgan fingerprint density at radius 2 is 2.23 bits per heavy atom. The van der Waals surface area contributed by atoms with Crippen LogP contribution in [-0.2, 0) is 9.53 Å². The van der Waals surface area contributed by atoms with Crippen LogP contribution in [0.4, 0.5) is 0 Å². The first-order valence-corrected chi connectivity index (χ1v) is 7.09. The van der Waals surface area contributed by atoms with E-state index in [0.717, 1.165) is 17.9 Å². The molecule has 0 bridgehead atoms. The van der Waals surface area contributed by atoms with Crippen molar-refractivity contribution in [1.29, 1.82) is 0 Å². The lowest BCUT2D eigenvalue weighted by molar-refractivity contribution is -0.122. The van der Waals surface area contributed by atoms with Crippen LogP contribution >= 0.6 is 12.4 Å². The molecule has 2 rings (SSSR count). The number of hydrogen-bond acceptors (Lipinski definition) is 5. The van der Waals surface area contributed by atoms with E-state index in [4.69, 9.17) is 9.47 Å². The number of amides is 1. The lowest BCUT2D eigenvalue weighted by Crippen LogP contribution is -2.44. The van der Waals surface area contributed by atoms with Crippen molar-refractivity contribution in [3.63, 3.8) is 0 Å². The van der Waals surface area contributed by atoms with Crippen molar-refractivity contribution in [1.82, 2.24) is 10.6 Å². The third-order valence-electron chi connectivity index (χ3n) is 3.42. The molecule has 6 nitrogen and oxygen atoms in total. The summed E-state index contributed by atoms with van der Waals surface area (Å²) in [4.78, 5) is 11.8. The van der Waals surface area contributed by atoms with Crippen LogP contribution in [0.1, 0.15) is 18.1 Å². The average molecular weight is 331 g/mol. The van der Waals surface area contributed by atoms with E-state index in [1.54, 1.807) is 31.4 Å². The summed E-state index contributed by atoms with van der Waals surface area (Å²) in [6, 6.07) is 7.18. The van der Waals surface area contributed by atoms with Crippen molar-refractivity contribution in [3.05, 3.63) is 29.8 Å². The van der Waals surface area contributed by atoms with E-state index in [0.29, 0.717) is 19.6 Å². The van der Waals surface area contributed by atoms with Crippen molar-refractivity contribution >= 4 is 18.3 Å². The van der Waals surface area contributed by atoms with Crippen LogP contribution in [0.25, 0.3) is 0 Å². The molecule has 1 aromatic rings. The molecule has 1 fully saturated rings. The highest BCUT2D eigenvalue weighted by molar-refractivity contribution is 5.85. The Labute approximate surface area is 136 Å². The molecule has 7 heteroatoms. The number of ether oxygens (including phenoxy) is 2. The number of rotatable bonds is 6. The quantitative estimate of drug-likeness (QED) is 0.713. The lowest BCUT2D eigenvalue weighted by Gasteiger charge is -2.23. The number of nitrogens with one attached hydrogen (secondary N) is 2. The van der Waals surface area contributed by atoms with Gasteiger partial charge in [-0.25, -0.2) is 0 Å². The van der Waals surface area contributed by atoms with Gasteiger partial charge in [0.05, 0.1) is 26.4 Å². The number of carbonyl (C=O) groups is 1.